The van der Waals surface area contributed by atoms with E-state index in [2.05, 4.69) is 270 Å². The van der Waals surface area contributed by atoms with Crippen LogP contribution in [0.25, 0.3) is 72.8 Å². The molecule has 0 radical (unpaired) electrons. The maximum Gasteiger partial charge on any atom is 0.179 e. The maximum atomic E-state index is 5.45. The lowest BCUT2D eigenvalue weighted by molar-refractivity contribution is 0.590. The van der Waals surface area contributed by atoms with Crippen molar-refractivity contribution in [2.75, 3.05) is 0 Å². The van der Waals surface area contributed by atoms with Crippen molar-refractivity contribution in [3.8, 4) is 51.0 Å². The zero-order chi connectivity index (χ0) is 47.1. The highest BCUT2D eigenvalue weighted by Gasteiger charge is 2.41. The second-order valence-corrected chi connectivity index (χ2v) is 23.3. The molecule has 0 amide bonds. The summed E-state index contributed by atoms with van der Waals surface area (Å²) in [5.41, 5.74) is 10.8. The van der Waals surface area contributed by atoms with E-state index in [9.17, 15) is 0 Å². The first-order valence-corrected chi connectivity index (χ1v) is 26.0. The van der Waals surface area contributed by atoms with E-state index in [0.717, 1.165) is 44.5 Å². The molecule has 11 aromatic rings. The monoisotopic (exact) mass is 906 g/mol. The summed E-state index contributed by atoms with van der Waals surface area (Å²) in [7, 11) is -2.81. The summed E-state index contributed by atoms with van der Waals surface area (Å²) in [6.45, 7) is 11.2. The van der Waals surface area contributed by atoms with Crippen molar-refractivity contribution in [2.24, 2.45) is 0 Å². The Balaban J connectivity index is 1.18. The molecule has 0 aliphatic carbocycles. The van der Waals surface area contributed by atoms with Gasteiger partial charge in [0.2, 0.25) is 0 Å². The molecule has 0 spiro atoms. The molecule has 0 bridgehead atoms. The van der Waals surface area contributed by atoms with Crippen molar-refractivity contribution in [1.29, 1.82) is 0 Å². The van der Waals surface area contributed by atoms with E-state index in [-0.39, 0.29) is 5.41 Å². The molecule has 0 saturated carbocycles. The molecular weight excluding hydrogens is 853 g/mol. The first-order valence-electron chi connectivity index (χ1n) is 24.0. The standard InChI is InChI=1S/C64H54N4Si/c1-44(2)45-32-34-46(35-33-45)61-65-62(47-36-39-50(40-37-47)64(3,4)5)67-63(66-61)57-43-49(38-41-60(57)68-58-30-17-15-28-55(58)56-29-16-18-31-59(56)68)48-20-19-27-54(42-48)69(51-21-9-6-10-22-51,52-23-11-7-12-24-52)53-25-13-8-14-26-53/h6-44H,1-5H3. The Kier molecular flexibility index (Phi) is 11.3. The van der Waals surface area contributed by atoms with Gasteiger partial charge in [0.1, 0.15) is 0 Å². The van der Waals surface area contributed by atoms with Crippen molar-refractivity contribution in [3.05, 3.63) is 242 Å². The predicted molar refractivity (Wildman–Crippen MR) is 292 cm³/mol. The number of nitrogens with zero attached hydrogens (tertiary/aromatic N) is 4. The lowest BCUT2D eigenvalue weighted by Gasteiger charge is -2.34. The van der Waals surface area contributed by atoms with E-state index in [1.807, 2.05) is 0 Å². The molecule has 5 heteroatoms. The quantitative estimate of drug-likeness (QED) is 0.101. The third kappa shape index (κ3) is 7.99. The number of fused-ring (bicyclic) bond motifs is 3. The minimum Gasteiger partial charge on any atom is -0.309 e. The fourth-order valence-electron chi connectivity index (χ4n) is 10.2. The molecule has 0 N–H and O–H groups in total. The molecule has 0 unspecified atom stereocenters. The number of hydrogen-bond donors (Lipinski definition) is 0. The minimum absolute atomic E-state index is 0.00645. The Morgan fingerprint density at radius 1 is 0.391 bits per heavy atom. The molecule has 0 aliphatic heterocycles. The summed E-state index contributed by atoms with van der Waals surface area (Å²) < 4.78 is 2.39. The van der Waals surface area contributed by atoms with Crippen LogP contribution in [-0.2, 0) is 5.41 Å². The maximum absolute atomic E-state index is 5.45. The Labute approximate surface area is 406 Å². The smallest absolute Gasteiger partial charge is 0.179 e. The number of rotatable bonds is 10. The van der Waals surface area contributed by atoms with Gasteiger partial charge in [-0.3, -0.25) is 0 Å². The van der Waals surface area contributed by atoms with Crippen LogP contribution in [0, 0.1) is 0 Å². The largest absolute Gasteiger partial charge is 0.309 e. The van der Waals surface area contributed by atoms with Crippen LogP contribution in [0.5, 0.6) is 0 Å². The third-order valence-electron chi connectivity index (χ3n) is 13.8. The van der Waals surface area contributed by atoms with E-state index in [1.54, 1.807) is 0 Å². The fourth-order valence-corrected chi connectivity index (χ4v) is 15.0. The van der Waals surface area contributed by atoms with Crippen molar-refractivity contribution in [2.45, 2.75) is 46.0 Å². The second kappa shape index (κ2) is 17.9. The highest BCUT2D eigenvalue weighted by Crippen LogP contribution is 2.38. The molecule has 0 aliphatic rings. The molecule has 4 nitrogen and oxygen atoms in total. The summed E-state index contributed by atoms with van der Waals surface area (Å²) in [6.07, 6.45) is 0. The van der Waals surface area contributed by atoms with Gasteiger partial charge in [-0.1, -0.05) is 241 Å². The number of benzene rings is 9. The molecule has 0 atom stereocenters. The Bertz CT molecular complexity index is 3440. The SMILES string of the molecule is CC(C)c1ccc(-c2nc(-c3ccc(C(C)(C)C)cc3)nc(-c3cc(-c4cccc([Si](c5ccccc5)(c5ccccc5)c5ccccc5)c4)ccc3-n3c4ccccc4c4ccccc43)n2)cc1. The average Bonchev–Trinajstić information content (AvgIpc) is 3.73. The van der Waals surface area contributed by atoms with Gasteiger partial charge in [-0.2, -0.15) is 0 Å². The van der Waals surface area contributed by atoms with E-state index in [1.165, 1.54) is 42.6 Å². The third-order valence-corrected chi connectivity index (χ3v) is 18.6. The molecular formula is C64H54N4Si. The molecule has 11 rings (SSSR count). The molecule has 69 heavy (non-hydrogen) atoms. The van der Waals surface area contributed by atoms with Crippen LogP contribution < -0.4 is 20.7 Å². The summed E-state index contributed by atoms with van der Waals surface area (Å²) in [6, 6.07) is 84.3. The number of para-hydroxylation sites is 2. The van der Waals surface area contributed by atoms with Crippen molar-refractivity contribution >= 4 is 50.6 Å². The highest BCUT2D eigenvalue weighted by molar-refractivity contribution is 7.19. The molecule has 334 valence electrons. The zero-order valence-corrected chi connectivity index (χ0v) is 40.8. The summed E-state index contributed by atoms with van der Waals surface area (Å²) >= 11 is 0. The van der Waals surface area contributed by atoms with E-state index in [4.69, 9.17) is 15.0 Å². The van der Waals surface area contributed by atoms with Gasteiger partial charge in [0.05, 0.1) is 16.7 Å². The van der Waals surface area contributed by atoms with E-state index in [0.29, 0.717) is 23.4 Å². The topological polar surface area (TPSA) is 43.6 Å². The van der Waals surface area contributed by atoms with Gasteiger partial charge in [-0.05, 0) is 78.6 Å². The summed E-state index contributed by atoms with van der Waals surface area (Å²) in [4.78, 5) is 16.1. The van der Waals surface area contributed by atoms with Crippen LogP contribution in [0.1, 0.15) is 51.7 Å². The Hall–Kier alpha value is -7.99. The highest BCUT2D eigenvalue weighted by atomic mass is 28.3. The van der Waals surface area contributed by atoms with Crippen molar-refractivity contribution in [1.82, 2.24) is 19.5 Å². The molecule has 2 heterocycles. The Morgan fingerprint density at radius 3 is 1.33 bits per heavy atom. The normalized spacial score (nSPS) is 12.0. The Morgan fingerprint density at radius 2 is 0.826 bits per heavy atom. The lowest BCUT2D eigenvalue weighted by atomic mass is 9.87. The van der Waals surface area contributed by atoms with Crippen LogP contribution in [0.2, 0.25) is 0 Å². The molecule has 0 fully saturated rings. The zero-order valence-electron chi connectivity index (χ0n) is 39.8. The molecule has 0 saturated heterocycles. The fraction of sp³-hybridized carbons (Fsp3) is 0.109. The van der Waals surface area contributed by atoms with E-state index < -0.39 is 8.07 Å². The lowest BCUT2D eigenvalue weighted by Crippen LogP contribution is -2.74. The number of hydrogen-bond acceptors (Lipinski definition) is 3. The van der Waals surface area contributed by atoms with Gasteiger partial charge < -0.3 is 4.57 Å². The van der Waals surface area contributed by atoms with Crippen LogP contribution in [0.4, 0.5) is 0 Å². The summed E-state index contributed by atoms with van der Waals surface area (Å²) in [5, 5.41) is 7.71. The van der Waals surface area contributed by atoms with E-state index >= 15 is 0 Å². The first kappa shape index (κ1) is 43.6. The van der Waals surface area contributed by atoms with Gasteiger partial charge in [-0.25, -0.2) is 15.0 Å². The van der Waals surface area contributed by atoms with Gasteiger partial charge in [0.15, 0.2) is 25.5 Å². The van der Waals surface area contributed by atoms with Crippen LogP contribution in [0.15, 0.2) is 231 Å². The van der Waals surface area contributed by atoms with Crippen LogP contribution >= 0.6 is 0 Å². The van der Waals surface area contributed by atoms with Crippen molar-refractivity contribution < 1.29 is 0 Å². The minimum atomic E-state index is -2.81. The van der Waals surface area contributed by atoms with Gasteiger partial charge in [-0.15, -0.1) is 0 Å². The average molecular weight is 907 g/mol. The van der Waals surface area contributed by atoms with Gasteiger partial charge >= 0.3 is 0 Å². The first-order chi connectivity index (χ1) is 33.7. The number of aromatic nitrogens is 4. The molecule has 9 aromatic carbocycles. The van der Waals surface area contributed by atoms with Gasteiger partial charge in [0.25, 0.3) is 0 Å². The summed E-state index contributed by atoms with van der Waals surface area (Å²) in [5.74, 6) is 2.28. The van der Waals surface area contributed by atoms with Crippen molar-refractivity contribution in [3.63, 3.8) is 0 Å². The predicted octanol–water partition coefficient (Wildman–Crippen LogP) is 13.4. The van der Waals surface area contributed by atoms with Crippen LogP contribution in [-0.4, -0.2) is 27.6 Å². The van der Waals surface area contributed by atoms with Gasteiger partial charge in [0, 0.05) is 27.5 Å². The second-order valence-electron chi connectivity index (χ2n) is 19.4. The molecule has 2 aromatic heterocycles. The van der Waals surface area contributed by atoms with Crippen LogP contribution in [0.3, 0.4) is 0 Å².